The molecular formula is C27H32ClF3N2O6S. The van der Waals surface area contributed by atoms with Crippen molar-refractivity contribution in [3.05, 3.63) is 58.4 Å². The molecule has 0 radical (unpaired) electrons. The van der Waals surface area contributed by atoms with Crippen LogP contribution in [0.4, 0.5) is 18.9 Å². The van der Waals surface area contributed by atoms with Gasteiger partial charge in [0.05, 0.1) is 33.8 Å². The van der Waals surface area contributed by atoms with Crippen LogP contribution in [0.3, 0.4) is 0 Å². The molecule has 0 heterocycles. The van der Waals surface area contributed by atoms with E-state index < -0.39 is 122 Å². The fourth-order valence-electron chi connectivity index (χ4n) is 4.42. The van der Waals surface area contributed by atoms with Crippen molar-refractivity contribution in [1.82, 2.24) is 5.32 Å². The van der Waals surface area contributed by atoms with E-state index in [9.17, 15) is 36.3 Å². The van der Waals surface area contributed by atoms with Gasteiger partial charge in [-0.2, -0.15) is 0 Å². The Hall–Kier alpha value is -2.67. The molecule has 8 nitrogen and oxygen atoms in total. The first-order chi connectivity index (χ1) is 20.7. The Balaban J connectivity index is 2.01. The molecule has 2 amide bonds. The predicted octanol–water partition coefficient (Wildman–Crippen LogP) is 4.49. The number of methoxy groups -OCH3 is 1. The van der Waals surface area contributed by atoms with Crippen LogP contribution in [0.2, 0.25) is 5.02 Å². The van der Waals surface area contributed by atoms with E-state index in [0.717, 1.165) is 18.2 Å². The fourth-order valence-corrected chi connectivity index (χ4v) is 6.57. The molecule has 40 heavy (non-hydrogen) atoms. The lowest BCUT2D eigenvalue weighted by Gasteiger charge is -2.45. The number of aliphatic hydroxyl groups is 1. The highest BCUT2D eigenvalue weighted by molar-refractivity contribution is 7.92. The van der Waals surface area contributed by atoms with Gasteiger partial charge in [-0.05, 0) is 49.8 Å². The van der Waals surface area contributed by atoms with Gasteiger partial charge in [0.2, 0.25) is 5.91 Å². The van der Waals surface area contributed by atoms with Gasteiger partial charge in [-0.1, -0.05) is 25.4 Å². The summed E-state index contributed by atoms with van der Waals surface area (Å²) >= 11 is 6.19. The molecule has 3 rings (SSSR count). The first kappa shape index (κ1) is 25.1. The summed E-state index contributed by atoms with van der Waals surface area (Å²) in [6, 6.07) is 3.35. The molecule has 1 fully saturated rings. The summed E-state index contributed by atoms with van der Waals surface area (Å²) in [4.78, 5) is 24.9. The second kappa shape index (κ2) is 12.5. The molecule has 0 aliphatic heterocycles. The summed E-state index contributed by atoms with van der Waals surface area (Å²) < 4.78 is 115. The maximum absolute atomic E-state index is 14.0. The maximum atomic E-state index is 14.0. The van der Waals surface area contributed by atoms with Crippen LogP contribution in [0.5, 0.6) is 0 Å². The van der Waals surface area contributed by atoms with Gasteiger partial charge < -0.3 is 20.5 Å². The van der Waals surface area contributed by atoms with E-state index in [1.54, 1.807) is 6.92 Å². The van der Waals surface area contributed by atoms with Crippen LogP contribution < -0.4 is 10.6 Å². The zero-order chi connectivity index (χ0) is 34.1. The predicted molar refractivity (Wildman–Crippen MR) is 143 cm³/mol. The third-order valence-corrected chi connectivity index (χ3v) is 9.04. The van der Waals surface area contributed by atoms with Gasteiger partial charge in [-0.15, -0.1) is 0 Å². The standard InChI is InChI=1S/C27H32ClF3N2O6S/c1-14-7-19(8-15(2)27(14,36)12-24(34)32-16(3)13-39-4)40(37,38)23-9-17(5-6-20(23)28)26(35)33-18-10-21(29)25(31)22(30)11-18/h5-6,9-11,14-16,19,36H,7-8,12-13H2,1-4H3,(H,32,34)(H,33,35)/t14-,15?,16?,19-,27-/m0/s1/i1D,2D3,19D. The maximum Gasteiger partial charge on any atom is 0.255 e. The van der Waals surface area contributed by atoms with Gasteiger partial charge in [0.25, 0.3) is 5.91 Å². The quantitative estimate of drug-likeness (QED) is 0.360. The smallest absolute Gasteiger partial charge is 0.255 e. The second-order valence-electron chi connectivity index (χ2n) is 9.64. The van der Waals surface area contributed by atoms with Crippen LogP contribution in [0, 0.1) is 29.3 Å². The number of amides is 2. The Bertz CT molecular complexity index is 1550. The van der Waals surface area contributed by atoms with Gasteiger partial charge in [0.1, 0.15) is 0 Å². The number of rotatable bonds is 9. The monoisotopic (exact) mass is 609 g/mol. The summed E-state index contributed by atoms with van der Waals surface area (Å²) in [5.74, 6) is -10.2. The van der Waals surface area contributed by atoms with E-state index in [2.05, 4.69) is 10.6 Å². The number of ether oxygens (including phenoxy) is 1. The van der Waals surface area contributed by atoms with Crippen molar-refractivity contribution < 1.29 is 47.9 Å². The molecule has 13 heteroatoms. The third kappa shape index (κ3) is 6.79. The van der Waals surface area contributed by atoms with Crippen molar-refractivity contribution in [1.29, 1.82) is 0 Å². The molecule has 0 saturated heterocycles. The number of sulfone groups is 1. The Kier molecular flexibility index (Phi) is 7.81. The topological polar surface area (TPSA) is 122 Å². The van der Waals surface area contributed by atoms with Crippen LogP contribution in [-0.4, -0.2) is 55.9 Å². The first-order valence-corrected chi connectivity index (χ1v) is 13.9. The van der Waals surface area contributed by atoms with Crippen molar-refractivity contribution in [2.24, 2.45) is 11.8 Å². The number of anilines is 1. The van der Waals surface area contributed by atoms with Crippen molar-refractivity contribution >= 4 is 38.9 Å². The summed E-state index contributed by atoms with van der Waals surface area (Å²) in [6.07, 6.45) is -2.53. The van der Waals surface area contributed by atoms with Gasteiger partial charge >= 0.3 is 0 Å². The van der Waals surface area contributed by atoms with Gasteiger partial charge in [0, 0.05) is 43.4 Å². The van der Waals surface area contributed by atoms with Crippen molar-refractivity contribution in [3.8, 4) is 0 Å². The van der Waals surface area contributed by atoms with Gasteiger partial charge in [-0.3, -0.25) is 9.59 Å². The molecule has 5 atom stereocenters. The molecule has 0 spiro atoms. The van der Waals surface area contributed by atoms with Crippen LogP contribution >= 0.6 is 11.6 Å². The summed E-state index contributed by atoms with van der Waals surface area (Å²) in [5.41, 5.74) is -3.28. The van der Waals surface area contributed by atoms with E-state index in [-0.39, 0.29) is 6.61 Å². The molecule has 3 N–H and O–H groups in total. The molecule has 2 aromatic rings. The average Bonchev–Trinajstić information content (AvgIpc) is 2.92. The van der Waals surface area contributed by atoms with E-state index in [4.69, 9.17) is 23.2 Å². The second-order valence-corrected chi connectivity index (χ2v) is 12.1. The highest BCUT2D eigenvalue weighted by Gasteiger charge is 2.49. The Morgan fingerprint density at radius 3 is 2.48 bits per heavy atom. The largest absolute Gasteiger partial charge is 0.389 e. The van der Waals surface area contributed by atoms with Crippen molar-refractivity contribution in [2.75, 3.05) is 19.0 Å². The molecule has 0 aromatic heterocycles. The lowest BCUT2D eigenvalue weighted by atomic mass is 9.68. The highest BCUT2D eigenvalue weighted by Crippen LogP contribution is 2.44. The number of carbonyl (C=O) groups excluding carboxylic acids is 2. The Morgan fingerprint density at radius 2 is 1.88 bits per heavy atom. The molecule has 1 aliphatic rings. The molecule has 1 saturated carbocycles. The number of nitrogens with one attached hydrogen (secondary N) is 2. The minimum Gasteiger partial charge on any atom is -0.389 e. The summed E-state index contributed by atoms with van der Waals surface area (Å²) in [6.45, 7) is -2.10. The highest BCUT2D eigenvalue weighted by atomic mass is 35.5. The van der Waals surface area contributed by atoms with E-state index in [1.807, 2.05) is 0 Å². The molecule has 1 aliphatic carbocycles. The first-order valence-electron chi connectivity index (χ1n) is 14.7. The lowest BCUT2D eigenvalue weighted by Crippen LogP contribution is -2.53. The van der Waals surface area contributed by atoms with Crippen molar-refractivity contribution in [2.45, 2.75) is 61.7 Å². The molecule has 2 unspecified atom stereocenters. The number of carbonyl (C=O) groups is 2. The average molecular weight is 610 g/mol. The number of halogens is 4. The van der Waals surface area contributed by atoms with Crippen LogP contribution in [0.15, 0.2) is 35.2 Å². The molecule has 220 valence electrons. The number of hydrogen-bond donors (Lipinski definition) is 3. The SMILES string of the molecule is [2H]C[C@H]1C[C@]([2H])(S(=O)(=O)c2cc(C(=O)Nc3cc(F)c(F)c(F)c3)ccc2Cl)CC(C([2H])([2H])[2H])[C@]1(O)CC(=O)NC(C)COC. The van der Waals surface area contributed by atoms with Gasteiger partial charge in [-0.25, -0.2) is 21.6 Å². The zero-order valence-corrected chi connectivity index (χ0v) is 23.1. The van der Waals surface area contributed by atoms with Crippen LogP contribution in [-0.2, 0) is 19.4 Å². The summed E-state index contributed by atoms with van der Waals surface area (Å²) in [5, 5.41) is 13.2. The van der Waals surface area contributed by atoms with E-state index in [1.165, 1.54) is 7.11 Å². The number of hydrogen-bond acceptors (Lipinski definition) is 6. The van der Waals surface area contributed by atoms with E-state index >= 15 is 0 Å². The van der Waals surface area contributed by atoms with E-state index in [0.29, 0.717) is 12.1 Å². The van der Waals surface area contributed by atoms with Crippen LogP contribution in [0.25, 0.3) is 0 Å². The lowest BCUT2D eigenvalue weighted by molar-refractivity contribution is -0.137. The Morgan fingerprint density at radius 1 is 1.23 bits per heavy atom. The van der Waals surface area contributed by atoms with Crippen molar-refractivity contribution in [3.63, 3.8) is 0 Å². The Labute approximate surface area is 243 Å². The molecular weight excluding hydrogens is 573 g/mol. The third-order valence-electron chi connectivity index (χ3n) is 6.59. The molecule has 2 aromatic carbocycles. The normalized spacial score (nSPS) is 27.8. The van der Waals surface area contributed by atoms with Gasteiger partial charge in [0.15, 0.2) is 27.3 Å². The fraction of sp³-hybridized carbons (Fsp3) is 0.481. The molecule has 0 bridgehead atoms. The number of benzene rings is 2. The minimum absolute atomic E-state index is 0.109. The minimum atomic E-state index is -4.96. The van der Waals surface area contributed by atoms with Crippen LogP contribution in [0.1, 0.15) is 57.1 Å². The zero-order valence-electron chi connectivity index (χ0n) is 26.6. The summed E-state index contributed by atoms with van der Waals surface area (Å²) in [7, 11) is -3.56.